The van der Waals surface area contributed by atoms with Gasteiger partial charge in [-0.25, -0.2) is 4.98 Å². The van der Waals surface area contributed by atoms with Crippen LogP contribution in [-0.2, 0) is 0 Å². The molecule has 1 aromatic rings. The van der Waals surface area contributed by atoms with Crippen molar-refractivity contribution >= 4 is 17.2 Å². The Morgan fingerprint density at radius 1 is 1.33 bits per heavy atom. The summed E-state index contributed by atoms with van der Waals surface area (Å²) >= 11 is 0. The maximum absolute atomic E-state index is 9.39. The molecular formula is C10H16N4O. The van der Waals surface area contributed by atoms with Crippen molar-refractivity contribution in [2.45, 2.75) is 18.9 Å². The zero-order valence-corrected chi connectivity index (χ0v) is 8.56. The van der Waals surface area contributed by atoms with Crippen LogP contribution in [0.25, 0.3) is 0 Å². The molecule has 0 saturated carbocycles. The molecule has 0 unspecified atom stereocenters. The normalized spacial score (nSPS) is 18.1. The van der Waals surface area contributed by atoms with Gasteiger partial charge in [-0.3, -0.25) is 0 Å². The Bertz CT molecular complexity index is 347. The molecule has 5 heteroatoms. The Balaban J connectivity index is 2.15. The summed E-state index contributed by atoms with van der Waals surface area (Å²) in [4.78, 5) is 6.31. The highest BCUT2D eigenvalue weighted by atomic mass is 16.3. The Morgan fingerprint density at radius 3 is 2.60 bits per heavy atom. The van der Waals surface area contributed by atoms with Crippen molar-refractivity contribution < 1.29 is 5.11 Å². The van der Waals surface area contributed by atoms with Gasteiger partial charge in [-0.05, 0) is 18.9 Å². The van der Waals surface area contributed by atoms with Crippen molar-refractivity contribution in [2.24, 2.45) is 0 Å². The highest BCUT2D eigenvalue weighted by Crippen LogP contribution is 2.25. The fraction of sp³-hybridized carbons (Fsp3) is 0.500. The highest BCUT2D eigenvalue weighted by Gasteiger charge is 2.19. The van der Waals surface area contributed by atoms with E-state index in [-0.39, 0.29) is 6.10 Å². The van der Waals surface area contributed by atoms with E-state index >= 15 is 0 Å². The molecule has 15 heavy (non-hydrogen) atoms. The maximum Gasteiger partial charge on any atom is 0.151 e. The number of hydrogen-bond acceptors (Lipinski definition) is 5. The van der Waals surface area contributed by atoms with Crippen LogP contribution in [0.3, 0.4) is 0 Å². The minimum Gasteiger partial charge on any atom is -0.397 e. The minimum absolute atomic E-state index is 0.184. The summed E-state index contributed by atoms with van der Waals surface area (Å²) in [6.45, 7) is 1.59. The summed E-state index contributed by atoms with van der Waals surface area (Å²) in [5, 5.41) is 9.39. The van der Waals surface area contributed by atoms with Crippen molar-refractivity contribution in [2.75, 3.05) is 29.5 Å². The number of nitrogens with two attached hydrogens (primary N) is 2. The third kappa shape index (κ3) is 2.12. The first-order chi connectivity index (χ1) is 7.16. The molecule has 1 fully saturated rings. The number of aliphatic hydroxyl groups excluding tert-OH is 1. The molecule has 82 valence electrons. The summed E-state index contributed by atoms with van der Waals surface area (Å²) in [7, 11) is 0. The summed E-state index contributed by atoms with van der Waals surface area (Å²) in [6.07, 6.45) is 2.96. The number of aliphatic hydroxyl groups is 1. The van der Waals surface area contributed by atoms with E-state index in [9.17, 15) is 5.11 Å². The van der Waals surface area contributed by atoms with E-state index in [0.717, 1.165) is 31.7 Å². The van der Waals surface area contributed by atoms with Gasteiger partial charge >= 0.3 is 0 Å². The molecular weight excluding hydrogens is 192 g/mol. The number of aromatic nitrogens is 1. The maximum atomic E-state index is 9.39. The summed E-state index contributed by atoms with van der Waals surface area (Å²) < 4.78 is 0. The fourth-order valence-corrected chi connectivity index (χ4v) is 1.83. The highest BCUT2D eigenvalue weighted by molar-refractivity contribution is 5.66. The van der Waals surface area contributed by atoms with Crippen LogP contribution in [0.4, 0.5) is 17.2 Å². The Labute approximate surface area is 88.7 Å². The van der Waals surface area contributed by atoms with Crippen molar-refractivity contribution in [3.8, 4) is 0 Å². The van der Waals surface area contributed by atoms with Gasteiger partial charge in [0.25, 0.3) is 0 Å². The summed E-state index contributed by atoms with van der Waals surface area (Å²) in [6, 6.07) is 1.72. The average Bonchev–Trinajstić information content (AvgIpc) is 2.20. The van der Waals surface area contributed by atoms with E-state index in [1.54, 1.807) is 12.3 Å². The lowest BCUT2D eigenvalue weighted by Gasteiger charge is -2.31. The Kier molecular flexibility index (Phi) is 2.64. The Hall–Kier alpha value is -1.49. The molecule has 2 heterocycles. The molecule has 0 aliphatic carbocycles. The first-order valence-electron chi connectivity index (χ1n) is 5.11. The van der Waals surface area contributed by atoms with Gasteiger partial charge in [-0.2, -0.15) is 0 Å². The molecule has 0 radical (unpaired) electrons. The van der Waals surface area contributed by atoms with Crippen LogP contribution in [-0.4, -0.2) is 29.3 Å². The third-order valence-corrected chi connectivity index (χ3v) is 2.68. The van der Waals surface area contributed by atoms with E-state index in [2.05, 4.69) is 9.88 Å². The minimum atomic E-state index is -0.184. The van der Waals surface area contributed by atoms with Crippen LogP contribution < -0.4 is 16.4 Å². The van der Waals surface area contributed by atoms with E-state index in [1.165, 1.54) is 0 Å². The zero-order chi connectivity index (χ0) is 10.8. The van der Waals surface area contributed by atoms with Crippen LogP contribution in [0, 0.1) is 0 Å². The largest absolute Gasteiger partial charge is 0.397 e. The molecule has 0 aromatic carbocycles. The average molecular weight is 208 g/mol. The number of anilines is 3. The van der Waals surface area contributed by atoms with Crippen LogP contribution in [0.5, 0.6) is 0 Å². The molecule has 0 spiro atoms. The smallest absolute Gasteiger partial charge is 0.151 e. The third-order valence-electron chi connectivity index (χ3n) is 2.68. The number of nitrogen functional groups attached to an aromatic ring is 2. The lowest BCUT2D eigenvalue weighted by Crippen LogP contribution is -2.36. The SMILES string of the molecule is Nc1cnc(N2CCC(O)CC2)c(N)c1. The molecule has 5 N–H and O–H groups in total. The van der Waals surface area contributed by atoms with Crippen LogP contribution in [0.2, 0.25) is 0 Å². The molecule has 1 aromatic heterocycles. The summed E-state index contributed by atoms with van der Waals surface area (Å²) in [5.74, 6) is 0.774. The lowest BCUT2D eigenvalue weighted by atomic mass is 10.1. The number of nitrogens with zero attached hydrogens (tertiary/aromatic N) is 2. The van der Waals surface area contributed by atoms with Crippen molar-refractivity contribution in [3.63, 3.8) is 0 Å². The second-order valence-corrected chi connectivity index (χ2v) is 3.90. The van der Waals surface area contributed by atoms with Gasteiger partial charge in [0.15, 0.2) is 5.82 Å². The quantitative estimate of drug-likeness (QED) is 0.614. The molecule has 0 amide bonds. The molecule has 2 rings (SSSR count). The van der Waals surface area contributed by atoms with Crippen molar-refractivity contribution in [1.29, 1.82) is 0 Å². The Morgan fingerprint density at radius 2 is 2.00 bits per heavy atom. The van der Waals surface area contributed by atoms with Crippen LogP contribution >= 0.6 is 0 Å². The topological polar surface area (TPSA) is 88.4 Å². The molecule has 5 nitrogen and oxygen atoms in total. The van der Waals surface area contributed by atoms with Gasteiger partial charge < -0.3 is 21.5 Å². The van der Waals surface area contributed by atoms with Gasteiger partial charge in [-0.1, -0.05) is 0 Å². The van der Waals surface area contributed by atoms with Gasteiger partial charge in [-0.15, -0.1) is 0 Å². The van der Waals surface area contributed by atoms with Gasteiger partial charge in [0, 0.05) is 13.1 Å². The number of rotatable bonds is 1. The fourth-order valence-electron chi connectivity index (χ4n) is 1.83. The molecule has 1 aliphatic rings. The lowest BCUT2D eigenvalue weighted by molar-refractivity contribution is 0.145. The first kappa shape index (κ1) is 10.0. The van der Waals surface area contributed by atoms with Crippen molar-refractivity contribution in [1.82, 2.24) is 4.98 Å². The standard InChI is InChI=1S/C10H16N4O/c11-7-5-9(12)10(13-6-7)14-3-1-8(15)2-4-14/h5-6,8,15H,1-4,11-12H2. The van der Waals surface area contributed by atoms with E-state index in [1.807, 2.05) is 0 Å². The molecule has 0 atom stereocenters. The van der Waals surface area contributed by atoms with Gasteiger partial charge in [0.1, 0.15) is 0 Å². The van der Waals surface area contributed by atoms with E-state index in [0.29, 0.717) is 11.4 Å². The first-order valence-corrected chi connectivity index (χ1v) is 5.11. The van der Waals surface area contributed by atoms with E-state index < -0.39 is 0 Å². The van der Waals surface area contributed by atoms with Gasteiger partial charge in [0.2, 0.25) is 0 Å². The second-order valence-electron chi connectivity index (χ2n) is 3.90. The number of hydrogen-bond donors (Lipinski definition) is 3. The van der Waals surface area contributed by atoms with Crippen LogP contribution in [0.15, 0.2) is 12.3 Å². The van der Waals surface area contributed by atoms with Crippen molar-refractivity contribution in [3.05, 3.63) is 12.3 Å². The molecule has 0 bridgehead atoms. The predicted octanol–water partition coefficient (Wildman–Crippen LogP) is 0.207. The second kappa shape index (κ2) is 3.94. The predicted molar refractivity (Wildman–Crippen MR) is 60.5 cm³/mol. The monoisotopic (exact) mass is 208 g/mol. The van der Waals surface area contributed by atoms with E-state index in [4.69, 9.17) is 11.5 Å². The summed E-state index contributed by atoms with van der Waals surface area (Å²) in [5.41, 5.74) is 12.6. The molecule has 1 aliphatic heterocycles. The number of piperidine rings is 1. The zero-order valence-electron chi connectivity index (χ0n) is 8.56. The number of pyridine rings is 1. The van der Waals surface area contributed by atoms with Gasteiger partial charge in [0.05, 0.1) is 23.7 Å². The van der Waals surface area contributed by atoms with Crippen LogP contribution in [0.1, 0.15) is 12.8 Å². The molecule has 1 saturated heterocycles.